The lowest BCUT2D eigenvalue weighted by Crippen LogP contribution is -2.25. The summed E-state index contributed by atoms with van der Waals surface area (Å²) in [7, 11) is 0. The maximum absolute atomic E-state index is 11.4. The monoisotopic (exact) mass is 263 g/mol. The molecule has 4 heteroatoms. The van der Waals surface area contributed by atoms with Gasteiger partial charge in [-0.15, -0.1) is 0 Å². The molecule has 0 heterocycles. The summed E-state index contributed by atoms with van der Waals surface area (Å²) in [5.74, 6) is 0.00397. The van der Waals surface area contributed by atoms with Crippen molar-refractivity contribution in [1.29, 1.82) is 0 Å². The maximum atomic E-state index is 11.4. The number of nitrogens with two attached hydrogens (primary N) is 1. The van der Waals surface area contributed by atoms with Gasteiger partial charge in [0, 0.05) is 23.5 Å². The Morgan fingerprint density at radius 1 is 1.32 bits per heavy atom. The normalized spacial score (nSPS) is 10.7. The molecule has 4 nitrogen and oxygen atoms in total. The van der Waals surface area contributed by atoms with Crippen LogP contribution in [-0.4, -0.2) is 36.9 Å². The van der Waals surface area contributed by atoms with E-state index in [1.165, 1.54) is 6.92 Å². The van der Waals surface area contributed by atoms with Crippen molar-refractivity contribution in [3.8, 4) is 0 Å². The number of benzene rings is 1. The fourth-order valence-corrected chi connectivity index (χ4v) is 2.05. The topological polar surface area (TPSA) is 58.4 Å². The summed E-state index contributed by atoms with van der Waals surface area (Å²) in [6, 6.07) is 5.53. The van der Waals surface area contributed by atoms with E-state index in [4.69, 9.17) is 5.73 Å². The van der Waals surface area contributed by atoms with Crippen molar-refractivity contribution < 1.29 is 4.79 Å². The van der Waals surface area contributed by atoms with Crippen LogP contribution in [0.25, 0.3) is 0 Å². The molecule has 0 aliphatic rings. The van der Waals surface area contributed by atoms with E-state index in [1.807, 2.05) is 12.1 Å². The van der Waals surface area contributed by atoms with Gasteiger partial charge in [-0.2, -0.15) is 0 Å². The average Bonchev–Trinajstić information content (AvgIpc) is 2.40. The van der Waals surface area contributed by atoms with Gasteiger partial charge in [-0.1, -0.05) is 13.8 Å². The molecule has 1 rings (SSSR count). The molecule has 0 fully saturated rings. The molecule has 0 aliphatic heterocycles. The SMILES string of the molecule is CCN(CC)CCCNc1ccc(N)c(C(C)=O)c1. The lowest BCUT2D eigenvalue weighted by atomic mass is 10.1. The molecule has 0 bridgehead atoms. The number of carbonyl (C=O) groups excluding carboxylic acids is 1. The van der Waals surface area contributed by atoms with E-state index in [1.54, 1.807) is 6.07 Å². The highest BCUT2D eigenvalue weighted by Gasteiger charge is 2.05. The molecule has 0 atom stereocenters. The summed E-state index contributed by atoms with van der Waals surface area (Å²) in [6.45, 7) is 10.1. The van der Waals surface area contributed by atoms with Gasteiger partial charge in [-0.25, -0.2) is 0 Å². The number of carbonyl (C=O) groups is 1. The zero-order valence-electron chi connectivity index (χ0n) is 12.2. The van der Waals surface area contributed by atoms with Crippen LogP contribution >= 0.6 is 0 Å². The van der Waals surface area contributed by atoms with Gasteiger partial charge in [-0.3, -0.25) is 4.79 Å². The fraction of sp³-hybridized carbons (Fsp3) is 0.533. The molecule has 1 aromatic rings. The molecular weight excluding hydrogens is 238 g/mol. The number of anilines is 2. The van der Waals surface area contributed by atoms with Crippen molar-refractivity contribution in [3.63, 3.8) is 0 Å². The van der Waals surface area contributed by atoms with Gasteiger partial charge in [0.2, 0.25) is 0 Å². The van der Waals surface area contributed by atoms with Crippen molar-refractivity contribution in [1.82, 2.24) is 4.90 Å². The van der Waals surface area contributed by atoms with Gasteiger partial charge in [0.1, 0.15) is 0 Å². The lowest BCUT2D eigenvalue weighted by Gasteiger charge is -2.18. The molecule has 3 N–H and O–H groups in total. The third-order valence-electron chi connectivity index (χ3n) is 3.31. The quantitative estimate of drug-likeness (QED) is 0.430. The summed E-state index contributed by atoms with van der Waals surface area (Å²) >= 11 is 0. The van der Waals surface area contributed by atoms with Crippen molar-refractivity contribution in [2.45, 2.75) is 27.2 Å². The summed E-state index contributed by atoms with van der Waals surface area (Å²) < 4.78 is 0. The Balaban J connectivity index is 2.46. The molecule has 0 saturated heterocycles. The Kier molecular flexibility index (Phi) is 6.36. The van der Waals surface area contributed by atoms with Crippen LogP contribution in [0.15, 0.2) is 18.2 Å². The highest BCUT2D eigenvalue weighted by molar-refractivity contribution is 5.99. The maximum Gasteiger partial charge on any atom is 0.161 e. The third-order valence-corrected chi connectivity index (χ3v) is 3.31. The van der Waals surface area contributed by atoms with Crippen molar-refractivity contribution in [3.05, 3.63) is 23.8 Å². The molecule has 0 radical (unpaired) electrons. The fourth-order valence-electron chi connectivity index (χ4n) is 2.05. The second-order valence-corrected chi connectivity index (χ2v) is 4.67. The van der Waals surface area contributed by atoms with E-state index in [0.29, 0.717) is 11.3 Å². The lowest BCUT2D eigenvalue weighted by molar-refractivity contribution is 0.101. The first-order valence-electron chi connectivity index (χ1n) is 6.95. The van der Waals surface area contributed by atoms with E-state index in [-0.39, 0.29) is 5.78 Å². The molecular formula is C15H25N3O. The third kappa shape index (κ3) is 4.91. The number of rotatable bonds is 8. The van der Waals surface area contributed by atoms with Crippen molar-refractivity contribution >= 4 is 17.2 Å². The minimum atomic E-state index is 0.00397. The van der Waals surface area contributed by atoms with Crippen LogP contribution in [0.2, 0.25) is 0 Å². The average molecular weight is 263 g/mol. The summed E-state index contributed by atoms with van der Waals surface area (Å²) in [6.07, 6.45) is 1.08. The molecule has 0 aromatic heterocycles. The van der Waals surface area contributed by atoms with E-state index < -0.39 is 0 Å². The number of hydrogen-bond acceptors (Lipinski definition) is 4. The van der Waals surface area contributed by atoms with Crippen LogP contribution in [-0.2, 0) is 0 Å². The Hall–Kier alpha value is -1.55. The number of hydrogen-bond donors (Lipinski definition) is 2. The number of ketones is 1. The van der Waals surface area contributed by atoms with Crippen LogP contribution in [0.1, 0.15) is 37.6 Å². The van der Waals surface area contributed by atoms with Gasteiger partial charge in [0.05, 0.1) is 0 Å². The van der Waals surface area contributed by atoms with E-state index in [0.717, 1.165) is 38.3 Å². The van der Waals surface area contributed by atoms with E-state index in [2.05, 4.69) is 24.1 Å². The molecule has 0 amide bonds. The first-order chi connectivity index (χ1) is 9.08. The van der Waals surface area contributed by atoms with Crippen LogP contribution < -0.4 is 11.1 Å². The number of nitrogens with one attached hydrogen (secondary N) is 1. The number of nitrogens with zero attached hydrogens (tertiary/aromatic N) is 1. The largest absolute Gasteiger partial charge is 0.398 e. The Morgan fingerprint density at radius 3 is 2.58 bits per heavy atom. The molecule has 106 valence electrons. The van der Waals surface area contributed by atoms with Gasteiger partial charge < -0.3 is 16.0 Å². The predicted molar refractivity (Wildman–Crippen MR) is 81.8 cm³/mol. The molecule has 0 spiro atoms. The van der Waals surface area contributed by atoms with Crippen molar-refractivity contribution in [2.75, 3.05) is 37.2 Å². The van der Waals surface area contributed by atoms with Gasteiger partial charge in [0.15, 0.2) is 5.78 Å². The van der Waals surface area contributed by atoms with Gasteiger partial charge in [0.25, 0.3) is 0 Å². The Bertz CT molecular complexity index is 414. The molecule has 1 aromatic carbocycles. The standard InChI is InChI=1S/C15H25N3O/c1-4-18(5-2)10-6-9-17-13-7-8-15(16)14(11-13)12(3)19/h7-8,11,17H,4-6,9-10,16H2,1-3H3. The minimum absolute atomic E-state index is 0.00397. The van der Waals surface area contributed by atoms with Crippen LogP contribution in [0.3, 0.4) is 0 Å². The van der Waals surface area contributed by atoms with Crippen LogP contribution in [0, 0.1) is 0 Å². The summed E-state index contributed by atoms with van der Waals surface area (Å²) in [5, 5.41) is 3.34. The first kappa shape index (κ1) is 15.5. The zero-order valence-corrected chi connectivity index (χ0v) is 12.2. The molecule has 0 unspecified atom stereocenters. The second-order valence-electron chi connectivity index (χ2n) is 4.67. The van der Waals surface area contributed by atoms with Crippen LogP contribution in [0.5, 0.6) is 0 Å². The highest BCUT2D eigenvalue weighted by atomic mass is 16.1. The Morgan fingerprint density at radius 2 is 2.00 bits per heavy atom. The number of Topliss-reactive ketones (excluding diaryl/α,β-unsaturated/α-hetero) is 1. The highest BCUT2D eigenvalue weighted by Crippen LogP contribution is 2.18. The summed E-state index contributed by atoms with van der Waals surface area (Å²) in [5.41, 5.74) is 7.86. The zero-order chi connectivity index (χ0) is 14.3. The molecule has 0 aliphatic carbocycles. The van der Waals surface area contributed by atoms with E-state index >= 15 is 0 Å². The Labute approximate surface area is 116 Å². The first-order valence-corrected chi connectivity index (χ1v) is 6.95. The van der Waals surface area contributed by atoms with Gasteiger partial charge in [-0.05, 0) is 51.2 Å². The van der Waals surface area contributed by atoms with E-state index in [9.17, 15) is 4.79 Å². The molecule has 0 saturated carbocycles. The molecule has 19 heavy (non-hydrogen) atoms. The minimum Gasteiger partial charge on any atom is -0.398 e. The summed E-state index contributed by atoms with van der Waals surface area (Å²) in [4.78, 5) is 13.8. The predicted octanol–water partition coefficient (Wildman–Crippen LogP) is 2.62. The van der Waals surface area contributed by atoms with Gasteiger partial charge >= 0.3 is 0 Å². The number of nitrogen functional groups attached to an aromatic ring is 1. The smallest absolute Gasteiger partial charge is 0.161 e. The van der Waals surface area contributed by atoms with Crippen molar-refractivity contribution in [2.24, 2.45) is 0 Å². The van der Waals surface area contributed by atoms with Crippen LogP contribution in [0.4, 0.5) is 11.4 Å². The second kappa shape index (κ2) is 7.79.